The molecule has 0 saturated heterocycles. The number of nitro groups is 1. The lowest BCUT2D eigenvalue weighted by Gasteiger charge is -2.08. The summed E-state index contributed by atoms with van der Waals surface area (Å²) in [6.45, 7) is 0. The molecule has 3 aromatic rings. The van der Waals surface area contributed by atoms with Gasteiger partial charge in [0.05, 0.1) is 25.4 Å². The van der Waals surface area contributed by atoms with Crippen LogP contribution in [0.5, 0.6) is 11.5 Å². The fourth-order valence-electron chi connectivity index (χ4n) is 2.64. The van der Waals surface area contributed by atoms with Crippen molar-refractivity contribution in [2.24, 2.45) is 5.10 Å². The highest BCUT2D eigenvalue weighted by Crippen LogP contribution is 2.32. The Hall–Kier alpha value is -3.56. The van der Waals surface area contributed by atoms with Crippen LogP contribution >= 0.6 is 23.4 Å². The average molecular weight is 472 g/mol. The van der Waals surface area contributed by atoms with Crippen LogP contribution in [-0.4, -0.2) is 31.3 Å². The monoisotopic (exact) mass is 471 g/mol. The lowest BCUT2D eigenvalue weighted by atomic mass is 10.2. The molecule has 0 bridgehead atoms. The molecule has 32 heavy (non-hydrogen) atoms. The van der Waals surface area contributed by atoms with Crippen molar-refractivity contribution < 1.29 is 19.2 Å². The normalized spacial score (nSPS) is 10.7. The molecule has 0 aliphatic rings. The van der Waals surface area contributed by atoms with E-state index in [9.17, 15) is 14.9 Å². The minimum atomic E-state index is -0.491. The van der Waals surface area contributed by atoms with Crippen LogP contribution in [0.3, 0.4) is 0 Å². The number of methoxy groups -OCH3 is 2. The van der Waals surface area contributed by atoms with Crippen molar-refractivity contribution in [3.8, 4) is 11.5 Å². The van der Waals surface area contributed by atoms with E-state index < -0.39 is 10.8 Å². The van der Waals surface area contributed by atoms with Crippen LogP contribution in [0.4, 0.5) is 5.69 Å². The second kappa shape index (κ2) is 10.7. The third-order valence-corrected chi connectivity index (χ3v) is 5.58. The summed E-state index contributed by atoms with van der Waals surface area (Å²) in [5, 5.41) is 15.8. The Morgan fingerprint density at radius 2 is 1.72 bits per heavy atom. The van der Waals surface area contributed by atoms with Crippen molar-refractivity contribution in [3.05, 3.63) is 86.9 Å². The quantitative estimate of drug-likeness (QED) is 0.276. The molecule has 8 nitrogen and oxygen atoms in total. The van der Waals surface area contributed by atoms with Gasteiger partial charge in [0.1, 0.15) is 11.5 Å². The Bertz CT molecular complexity index is 1150. The van der Waals surface area contributed by atoms with Crippen molar-refractivity contribution in [2.75, 3.05) is 14.2 Å². The number of halogens is 1. The Morgan fingerprint density at radius 1 is 1.06 bits per heavy atom. The highest BCUT2D eigenvalue weighted by Gasteiger charge is 2.12. The maximum atomic E-state index is 12.5. The number of nitrogens with zero attached hydrogens (tertiary/aromatic N) is 2. The number of hydrazone groups is 1. The lowest BCUT2D eigenvalue weighted by molar-refractivity contribution is -0.384. The zero-order valence-electron chi connectivity index (χ0n) is 17.1. The number of nitro benzene ring substituents is 1. The number of hydrogen-bond donors (Lipinski definition) is 1. The van der Waals surface area contributed by atoms with Gasteiger partial charge in [-0.15, -0.1) is 0 Å². The van der Waals surface area contributed by atoms with E-state index in [1.807, 2.05) is 12.1 Å². The number of amides is 1. The molecule has 164 valence electrons. The van der Waals surface area contributed by atoms with Crippen LogP contribution in [0.1, 0.15) is 15.9 Å². The number of rotatable bonds is 8. The fourth-order valence-corrected chi connectivity index (χ4v) is 3.65. The molecule has 0 fully saturated rings. The van der Waals surface area contributed by atoms with Gasteiger partial charge in [0.2, 0.25) is 0 Å². The van der Waals surface area contributed by atoms with E-state index in [1.165, 1.54) is 44.3 Å². The van der Waals surface area contributed by atoms with Gasteiger partial charge in [-0.25, -0.2) is 5.43 Å². The van der Waals surface area contributed by atoms with Gasteiger partial charge in [-0.1, -0.05) is 23.4 Å². The summed E-state index contributed by atoms with van der Waals surface area (Å²) in [4.78, 5) is 24.8. The van der Waals surface area contributed by atoms with Crippen LogP contribution in [0.2, 0.25) is 5.02 Å². The van der Waals surface area contributed by atoms with Crippen molar-refractivity contribution in [3.63, 3.8) is 0 Å². The highest BCUT2D eigenvalue weighted by atomic mass is 35.5. The van der Waals surface area contributed by atoms with Crippen molar-refractivity contribution in [1.82, 2.24) is 5.43 Å². The molecule has 0 spiro atoms. The van der Waals surface area contributed by atoms with Gasteiger partial charge in [-0.05, 0) is 42.5 Å². The molecule has 3 rings (SSSR count). The van der Waals surface area contributed by atoms with Crippen molar-refractivity contribution >= 4 is 41.2 Å². The van der Waals surface area contributed by atoms with E-state index in [4.69, 9.17) is 21.1 Å². The Kier molecular flexibility index (Phi) is 7.69. The molecule has 0 unspecified atom stereocenters. The number of benzene rings is 3. The zero-order valence-corrected chi connectivity index (χ0v) is 18.6. The summed E-state index contributed by atoms with van der Waals surface area (Å²) >= 11 is 7.32. The largest absolute Gasteiger partial charge is 0.497 e. The van der Waals surface area contributed by atoms with Crippen LogP contribution in [0, 0.1) is 10.1 Å². The molecular formula is C22H18ClN3O5S. The van der Waals surface area contributed by atoms with E-state index in [0.717, 1.165) is 9.79 Å². The SMILES string of the molecule is COc1cc(OC)cc(C(=O)N/N=C/c2cc([N+](=O)[O-])ccc2Sc2ccc(Cl)cc2)c1. The first kappa shape index (κ1) is 23.1. The average Bonchev–Trinajstić information content (AvgIpc) is 2.80. The maximum Gasteiger partial charge on any atom is 0.271 e. The van der Waals surface area contributed by atoms with Gasteiger partial charge in [-0.2, -0.15) is 5.10 Å². The van der Waals surface area contributed by atoms with Crippen molar-refractivity contribution in [1.29, 1.82) is 0 Å². The molecular weight excluding hydrogens is 454 g/mol. The molecule has 1 N–H and O–H groups in total. The molecule has 0 heterocycles. The van der Waals surface area contributed by atoms with Crippen molar-refractivity contribution in [2.45, 2.75) is 9.79 Å². The van der Waals surface area contributed by atoms with Crippen LogP contribution < -0.4 is 14.9 Å². The second-order valence-corrected chi connectivity index (χ2v) is 7.89. The molecule has 10 heteroatoms. The third-order valence-electron chi connectivity index (χ3n) is 4.23. The Balaban J connectivity index is 1.83. The summed E-state index contributed by atoms with van der Waals surface area (Å²) in [6.07, 6.45) is 1.36. The molecule has 0 aliphatic carbocycles. The number of hydrogen-bond acceptors (Lipinski definition) is 7. The minimum absolute atomic E-state index is 0.0873. The number of non-ortho nitro benzene ring substituents is 1. The first-order chi connectivity index (χ1) is 15.4. The number of ether oxygens (including phenoxy) is 2. The van der Waals surface area contributed by atoms with E-state index in [1.54, 1.807) is 36.4 Å². The number of nitrogens with one attached hydrogen (secondary N) is 1. The Labute approximate surface area is 193 Å². The van der Waals surface area contributed by atoms with Crippen LogP contribution in [0.15, 0.2) is 75.6 Å². The van der Waals surface area contributed by atoms with Gasteiger partial charge in [0, 0.05) is 44.1 Å². The van der Waals surface area contributed by atoms with Gasteiger partial charge in [-0.3, -0.25) is 14.9 Å². The van der Waals surface area contributed by atoms with E-state index in [2.05, 4.69) is 10.5 Å². The van der Waals surface area contributed by atoms with E-state index in [-0.39, 0.29) is 11.3 Å². The molecule has 0 radical (unpaired) electrons. The van der Waals surface area contributed by atoms with Gasteiger partial charge < -0.3 is 9.47 Å². The molecule has 0 aromatic heterocycles. The second-order valence-electron chi connectivity index (χ2n) is 6.34. The van der Waals surface area contributed by atoms with E-state index >= 15 is 0 Å². The molecule has 0 saturated carbocycles. The molecule has 0 atom stereocenters. The number of carbonyl (C=O) groups excluding carboxylic acids is 1. The maximum absolute atomic E-state index is 12.5. The van der Waals surface area contributed by atoms with Crippen LogP contribution in [-0.2, 0) is 0 Å². The number of carbonyl (C=O) groups is 1. The summed E-state index contributed by atoms with van der Waals surface area (Å²) < 4.78 is 10.3. The summed E-state index contributed by atoms with van der Waals surface area (Å²) in [6, 6.07) is 16.4. The molecule has 1 amide bonds. The van der Waals surface area contributed by atoms with Crippen LogP contribution in [0.25, 0.3) is 0 Å². The first-order valence-electron chi connectivity index (χ1n) is 9.18. The topological polar surface area (TPSA) is 103 Å². The minimum Gasteiger partial charge on any atom is -0.497 e. The third kappa shape index (κ3) is 5.99. The summed E-state index contributed by atoms with van der Waals surface area (Å²) in [7, 11) is 2.97. The molecule has 0 aliphatic heterocycles. The fraction of sp³-hybridized carbons (Fsp3) is 0.0909. The molecule has 3 aromatic carbocycles. The smallest absolute Gasteiger partial charge is 0.271 e. The first-order valence-corrected chi connectivity index (χ1v) is 10.4. The standard InChI is InChI=1S/C22H18ClN3O5S/c1-30-18-10-14(11-19(12-18)31-2)22(27)25-24-13-15-9-17(26(28)29)5-8-21(15)32-20-6-3-16(23)4-7-20/h3-13H,1-2H3,(H,25,27)/b24-13+. The summed E-state index contributed by atoms with van der Waals surface area (Å²) in [5.41, 5.74) is 3.09. The Morgan fingerprint density at radius 3 is 2.31 bits per heavy atom. The lowest BCUT2D eigenvalue weighted by Crippen LogP contribution is -2.17. The van der Waals surface area contributed by atoms with Gasteiger partial charge in [0.15, 0.2) is 0 Å². The highest BCUT2D eigenvalue weighted by molar-refractivity contribution is 7.99. The zero-order chi connectivity index (χ0) is 23.1. The van der Waals surface area contributed by atoms with Gasteiger partial charge in [0.25, 0.3) is 11.6 Å². The summed E-state index contributed by atoms with van der Waals surface area (Å²) in [5.74, 6) is 0.424. The predicted molar refractivity (Wildman–Crippen MR) is 123 cm³/mol. The predicted octanol–water partition coefficient (Wildman–Crippen LogP) is 5.18. The van der Waals surface area contributed by atoms with Gasteiger partial charge >= 0.3 is 0 Å². The van der Waals surface area contributed by atoms with E-state index in [0.29, 0.717) is 22.1 Å².